The Hall–Kier alpha value is -1.78. The van der Waals surface area contributed by atoms with Crippen LogP contribution in [0.3, 0.4) is 0 Å². The van der Waals surface area contributed by atoms with Crippen LogP contribution >= 0.6 is 0 Å². The van der Waals surface area contributed by atoms with Gasteiger partial charge in [-0.3, -0.25) is 4.79 Å². The van der Waals surface area contributed by atoms with Crippen LogP contribution in [-0.4, -0.2) is 26.6 Å². The highest BCUT2D eigenvalue weighted by atomic mass is 19.1. The van der Waals surface area contributed by atoms with Crippen LogP contribution in [0.2, 0.25) is 0 Å². The summed E-state index contributed by atoms with van der Waals surface area (Å²) < 4.78 is 17.9. The Bertz CT molecular complexity index is 369. The first-order valence-corrected chi connectivity index (χ1v) is 4.95. The van der Waals surface area contributed by atoms with Gasteiger partial charge in [0.1, 0.15) is 11.6 Å². The molecule has 1 aromatic carbocycles. The van der Waals surface area contributed by atoms with Crippen LogP contribution in [-0.2, 0) is 4.79 Å². The lowest BCUT2D eigenvalue weighted by atomic mass is 10.2. The zero-order valence-corrected chi connectivity index (χ0v) is 9.34. The standard InChI is InChI=1S/C11H15FN2O2/c1-13-11(15)5-6-14-9-4-3-8(12)7-10(9)16-2/h3-4,7,14H,5-6H2,1-2H3,(H,13,15). The van der Waals surface area contributed by atoms with Gasteiger partial charge in [0.05, 0.1) is 12.8 Å². The number of rotatable bonds is 5. The van der Waals surface area contributed by atoms with Gasteiger partial charge in [-0.15, -0.1) is 0 Å². The van der Waals surface area contributed by atoms with Crippen molar-refractivity contribution in [2.24, 2.45) is 0 Å². The second kappa shape index (κ2) is 5.95. The number of anilines is 1. The van der Waals surface area contributed by atoms with Gasteiger partial charge in [0.25, 0.3) is 0 Å². The molecule has 0 fully saturated rings. The van der Waals surface area contributed by atoms with E-state index in [1.165, 1.54) is 19.2 Å². The molecule has 0 aliphatic rings. The Labute approximate surface area is 93.8 Å². The van der Waals surface area contributed by atoms with Crippen LogP contribution in [0.4, 0.5) is 10.1 Å². The maximum atomic E-state index is 12.9. The summed E-state index contributed by atoms with van der Waals surface area (Å²) in [7, 11) is 3.06. The fourth-order valence-corrected chi connectivity index (χ4v) is 1.25. The number of hydrogen-bond donors (Lipinski definition) is 2. The van der Waals surface area contributed by atoms with Crippen molar-refractivity contribution in [2.75, 3.05) is 26.0 Å². The van der Waals surface area contributed by atoms with E-state index in [9.17, 15) is 9.18 Å². The van der Waals surface area contributed by atoms with Gasteiger partial charge in [-0.2, -0.15) is 0 Å². The maximum absolute atomic E-state index is 12.9. The van der Waals surface area contributed by atoms with E-state index in [4.69, 9.17) is 4.74 Å². The molecule has 0 aromatic heterocycles. The van der Waals surface area contributed by atoms with Crippen molar-refractivity contribution in [3.05, 3.63) is 24.0 Å². The lowest BCUT2D eigenvalue weighted by Crippen LogP contribution is -2.20. The number of carbonyl (C=O) groups excluding carboxylic acids is 1. The summed E-state index contributed by atoms with van der Waals surface area (Å²) in [5.74, 6) is 0.0270. The molecule has 0 heterocycles. The van der Waals surface area contributed by atoms with Crippen LogP contribution in [0.5, 0.6) is 5.75 Å². The van der Waals surface area contributed by atoms with Crippen molar-refractivity contribution in [1.82, 2.24) is 5.32 Å². The van der Waals surface area contributed by atoms with Crippen LogP contribution < -0.4 is 15.4 Å². The Balaban J connectivity index is 2.56. The number of halogens is 1. The summed E-state index contributed by atoms with van der Waals surface area (Å²) in [4.78, 5) is 11.0. The van der Waals surface area contributed by atoms with E-state index < -0.39 is 0 Å². The van der Waals surface area contributed by atoms with Gasteiger partial charge in [0.15, 0.2) is 0 Å². The maximum Gasteiger partial charge on any atom is 0.221 e. The molecule has 0 unspecified atom stereocenters. The van der Waals surface area contributed by atoms with E-state index in [0.717, 1.165) is 0 Å². The second-order valence-corrected chi connectivity index (χ2v) is 3.19. The first-order chi connectivity index (χ1) is 7.67. The summed E-state index contributed by atoms with van der Waals surface area (Å²) in [6.07, 6.45) is 0.358. The first-order valence-electron chi connectivity index (χ1n) is 4.95. The van der Waals surface area contributed by atoms with Crippen molar-refractivity contribution in [2.45, 2.75) is 6.42 Å². The summed E-state index contributed by atoms with van der Waals surface area (Å²) in [6, 6.07) is 4.21. The Morgan fingerprint density at radius 3 is 2.88 bits per heavy atom. The van der Waals surface area contributed by atoms with Gasteiger partial charge < -0.3 is 15.4 Å². The Kier molecular flexibility index (Phi) is 4.57. The minimum atomic E-state index is -0.353. The minimum Gasteiger partial charge on any atom is -0.494 e. The second-order valence-electron chi connectivity index (χ2n) is 3.19. The summed E-state index contributed by atoms with van der Waals surface area (Å²) >= 11 is 0. The topological polar surface area (TPSA) is 50.4 Å². The van der Waals surface area contributed by atoms with Crippen molar-refractivity contribution in [3.63, 3.8) is 0 Å². The van der Waals surface area contributed by atoms with Crippen LogP contribution in [0.15, 0.2) is 18.2 Å². The SMILES string of the molecule is CNC(=O)CCNc1ccc(F)cc1OC. The van der Waals surface area contributed by atoms with Gasteiger partial charge in [-0.1, -0.05) is 0 Å². The molecule has 2 N–H and O–H groups in total. The molecule has 1 rings (SSSR count). The van der Waals surface area contributed by atoms with E-state index in [1.54, 1.807) is 13.1 Å². The fourth-order valence-electron chi connectivity index (χ4n) is 1.25. The molecule has 16 heavy (non-hydrogen) atoms. The van der Waals surface area contributed by atoms with E-state index in [-0.39, 0.29) is 11.7 Å². The zero-order valence-electron chi connectivity index (χ0n) is 9.34. The molecule has 4 nitrogen and oxygen atoms in total. The molecule has 0 saturated heterocycles. The molecule has 0 radical (unpaired) electrons. The molecular formula is C11H15FN2O2. The number of hydrogen-bond acceptors (Lipinski definition) is 3. The van der Waals surface area contributed by atoms with Gasteiger partial charge in [-0.05, 0) is 12.1 Å². The van der Waals surface area contributed by atoms with E-state index >= 15 is 0 Å². The van der Waals surface area contributed by atoms with E-state index in [1.807, 2.05) is 0 Å². The van der Waals surface area contributed by atoms with Crippen LogP contribution in [0, 0.1) is 5.82 Å². The third-order valence-electron chi connectivity index (χ3n) is 2.11. The quantitative estimate of drug-likeness (QED) is 0.797. The molecule has 0 bridgehead atoms. The average molecular weight is 226 g/mol. The molecular weight excluding hydrogens is 211 g/mol. The molecule has 0 atom stereocenters. The van der Waals surface area contributed by atoms with Gasteiger partial charge in [0, 0.05) is 26.1 Å². The molecule has 88 valence electrons. The van der Waals surface area contributed by atoms with Crippen molar-refractivity contribution in [1.29, 1.82) is 0 Å². The zero-order chi connectivity index (χ0) is 12.0. The third kappa shape index (κ3) is 3.42. The molecule has 1 amide bonds. The van der Waals surface area contributed by atoms with Gasteiger partial charge >= 0.3 is 0 Å². The van der Waals surface area contributed by atoms with E-state index in [0.29, 0.717) is 24.4 Å². The smallest absolute Gasteiger partial charge is 0.221 e. The number of ether oxygens (including phenoxy) is 1. The van der Waals surface area contributed by atoms with Crippen LogP contribution in [0.25, 0.3) is 0 Å². The van der Waals surface area contributed by atoms with Gasteiger partial charge in [0.2, 0.25) is 5.91 Å². The predicted molar refractivity (Wildman–Crippen MR) is 60.1 cm³/mol. The summed E-state index contributed by atoms with van der Waals surface area (Å²) in [6.45, 7) is 0.474. The van der Waals surface area contributed by atoms with Crippen LogP contribution in [0.1, 0.15) is 6.42 Å². The minimum absolute atomic E-state index is 0.0476. The normalized spacial score (nSPS) is 9.69. The molecule has 1 aromatic rings. The highest BCUT2D eigenvalue weighted by Crippen LogP contribution is 2.24. The average Bonchev–Trinajstić information content (AvgIpc) is 2.30. The van der Waals surface area contributed by atoms with Crippen molar-refractivity contribution >= 4 is 11.6 Å². The largest absolute Gasteiger partial charge is 0.494 e. The number of nitrogens with one attached hydrogen (secondary N) is 2. The Morgan fingerprint density at radius 2 is 2.25 bits per heavy atom. The summed E-state index contributed by atoms with van der Waals surface area (Å²) in [5.41, 5.74) is 0.674. The number of benzene rings is 1. The predicted octanol–water partition coefficient (Wildman–Crippen LogP) is 1.38. The monoisotopic (exact) mass is 226 g/mol. The van der Waals surface area contributed by atoms with Crippen molar-refractivity contribution < 1.29 is 13.9 Å². The highest BCUT2D eigenvalue weighted by molar-refractivity contribution is 5.76. The van der Waals surface area contributed by atoms with Crippen molar-refractivity contribution in [3.8, 4) is 5.75 Å². The fraction of sp³-hybridized carbons (Fsp3) is 0.364. The third-order valence-corrected chi connectivity index (χ3v) is 2.11. The summed E-state index contributed by atoms with van der Waals surface area (Å²) in [5, 5.41) is 5.52. The molecule has 0 aliphatic carbocycles. The lowest BCUT2D eigenvalue weighted by Gasteiger charge is -2.10. The lowest BCUT2D eigenvalue weighted by molar-refractivity contribution is -0.120. The number of carbonyl (C=O) groups is 1. The number of amides is 1. The van der Waals surface area contributed by atoms with Gasteiger partial charge in [-0.25, -0.2) is 4.39 Å². The van der Waals surface area contributed by atoms with E-state index in [2.05, 4.69) is 10.6 Å². The molecule has 5 heteroatoms. The molecule has 0 aliphatic heterocycles. The number of methoxy groups -OCH3 is 1. The first kappa shape index (κ1) is 12.3. The highest BCUT2D eigenvalue weighted by Gasteiger charge is 2.04. The molecule has 0 saturated carbocycles. The Morgan fingerprint density at radius 1 is 1.50 bits per heavy atom. The molecule has 0 spiro atoms.